The first kappa shape index (κ1) is 18.4. The van der Waals surface area contributed by atoms with Gasteiger partial charge in [0, 0.05) is 30.4 Å². The Morgan fingerprint density at radius 2 is 1.80 bits per heavy atom. The van der Waals surface area contributed by atoms with E-state index >= 15 is 0 Å². The zero-order valence-corrected chi connectivity index (χ0v) is 16.3. The monoisotopic (exact) mass is 422 g/mol. The first-order valence-electron chi connectivity index (χ1n) is 8.93. The molecule has 0 fully saturated rings. The van der Waals surface area contributed by atoms with E-state index in [-0.39, 0.29) is 10.8 Å². The summed E-state index contributed by atoms with van der Waals surface area (Å²) in [6, 6.07) is 9.73. The van der Waals surface area contributed by atoms with Crippen molar-refractivity contribution in [1.29, 1.82) is 0 Å². The number of rotatable bonds is 3. The Balaban J connectivity index is 1.61. The molecule has 0 saturated carbocycles. The van der Waals surface area contributed by atoms with Gasteiger partial charge in [-0.3, -0.25) is 14.2 Å². The van der Waals surface area contributed by atoms with E-state index in [2.05, 4.69) is 20.1 Å². The second kappa shape index (κ2) is 7.00. The molecule has 0 radical (unpaired) electrons. The number of fused-ring (bicyclic) bond motifs is 1. The molecule has 0 aliphatic carbocycles. The Hall–Kier alpha value is -3.65. The summed E-state index contributed by atoms with van der Waals surface area (Å²) in [5, 5.41) is 4.35. The lowest BCUT2D eigenvalue weighted by Gasteiger charge is -2.08. The fourth-order valence-corrected chi connectivity index (χ4v) is 3.52. The van der Waals surface area contributed by atoms with Gasteiger partial charge in [0.25, 0.3) is 0 Å². The van der Waals surface area contributed by atoms with Crippen molar-refractivity contribution in [2.45, 2.75) is 0 Å². The molecule has 0 aliphatic rings. The highest BCUT2D eigenvalue weighted by atomic mass is 35.5. The number of pyridine rings is 2. The molecular formula is C21H13ClF2N6. The van der Waals surface area contributed by atoms with Gasteiger partial charge < -0.3 is 0 Å². The van der Waals surface area contributed by atoms with Gasteiger partial charge in [0.2, 0.25) is 0 Å². The molecule has 0 atom stereocenters. The van der Waals surface area contributed by atoms with Gasteiger partial charge in [0.1, 0.15) is 28.8 Å². The van der Waals surface area contributed by atoms with Crippen molar-refractivity contribution in [1.82, 2.24) is 29.3 Å². The maximum absolute atomic E-state index is 14.2. The van der Waals surface area contributed by atoms with Gasteiger partial charge in [-0.15, -0.1) is 0 Å². The van der Waals surface area contributed by atoms with E-state index in [0.29, 0.717) is 11.4 Å². The van der Waals surface area contributed by atoms with Gasteiger partial charge in [-0.05, 0) is 29.8 Å². The van der Waals surface area contributed by atoms with E-state index in [9.17, 15) is 8.78 Å². The maximum atomic E-state index is 14.2. The molecule has 0 spiro atoms. The van der Waals surface area contributed by atoms with Crippen LogP contribution in [0.2, 0.25) is 5.15 Å². The van der Waals surface area contributed by atoms with E-state index in [1.165, 1.54) is 6.07 Å². The van der Waals surface area contributed by atoms with Crippen LogP contribution in [0.15, 0.2) is 61.3 Å². The van der Waals surface area contributed by atoms with Crippen molar-refractivity contribution in [2.24, 2.45) is 7.05 Å². The maximum Gasteiger partial charge on any atom is 0.152 e. The molecular weight excluding hydrogens is 410 g/mol. The molecule has 0 saturated heterocycles. The highest BCUT2D eigenvalue weighted by Crippen LogP contribution is 2.28. The number of hydrogen-bond acceptors (Lipinski definition) is 4. The van der Waals surface area contributed by atoms with E-state index < -0.39 is 11.6 Å². The minimum absolute atomic E-state index is 0.00904. The summed E-state index contributed by atoms with van der Waals surface area (Å²) in [6.45, 7) is 0. The first-order valence-corrected chi connectivity index (χ1v) is 9.31. The molecule has 148 valence electrons. The highest BCUT2D eigenvalue weighted by molar-refractivity contribution is 6.29. The first-order chi connectivity index (χ1) is 14.5. The van der Waals surface area contributed by atoms with Crippen molar-refractivity contribution < 1.29 is 8.78 Å². The smallest absolute Gasteiger partial charge is 0.152 e. The summed E-state index contributed by atoms with van der Waals surface area (Å²) in [5.41, 5.74) is 3.90. The number of hydrogen-bond donors (Lipinski definition) is 0. The Morgan fingerprint density at radius 3 is 2.57 bits per heavy atom. The fraction of sp³-hybridized carbons (Fsp3) is 0.0476. The minimum atomic E-state index is -0.778. The number of imidazole rings is 1. The average molecular weight is 423 g/mol. The molecule has 6 nitrogen and oxygen atoms in total. The van der Waals surface area contributed by atoms with Crippen LogP contribution < -0.4 is 0 Å². The number of aryl methyl sites for hydroxylation is 1. The van der Waals surface area contributed by atoms with Crippen LogP contribution in [0, 0.1) is 11.6 Å². The third-order valence-corrected chi connectivity index (χ3v) is 4.89. The van der Waals surface area contributed by atoms with Crippen molar-refractivity contribution in [3.8, 4) is 28.2 Å². The van der Waals surface area contributed by atoms with Gasteiger partial charge in [-0.2, -0.15) is 5.10 Å². The zero-order chi connectivity index (χ0) is 20.8. The second-order valence-corrected chi connectivity index (χ2v) is 7.13. The van der Waals surface area contributed by atoms with Crippen LogP contribution in [0.5, 0.6) is 0 Å². The number of nitrogens with zero attached hydrogens (tertiary/aromatic N) is 6. The molecule has 1 aromatic carbocycles. The Bertz CT molecular complexity index is 1410. The van der Waals surface area contributed by atoms with Crippen LogP contribution in [0.3, 0.4) is 0 Å². The number of halogens is 3. The number of benzene rings is 1. The van der Waals surface area contributed by atoms with Gasteiger partial charge in [-0.25, -0.2) is 18.7 Å². The molecule has 0 amide bonds. The highest BCUT2D eigenvalue weighted by Gasteiger charge is 2.14. The predicted octanol–water partition coefficient (Wildman–Crippen LogP) is 4.81. The summed E-state index contributed by atoms with van der Waals surface area (Å²) in [4.78, 5) is 12.6. The molecule has 0 aliphatic heterocycles. The molecule has 0 N–H and O–H groups in total. The predicted molar refractivity (Wildman–Crippen MR) is 109 cm³/mol. The van der Waals surface area contributed by atoms with Gasteiger partial charge in [0.05, 0.1) is 23.4 Å². The SMILES string of the molecule is Cn1cc(-c2ccc3c(c2)ncn3-c2cc(-c3ncc(F)cc3F)cc(Cl)n2)cn1. The van der Waals surface area contributed by atoms with Gasteiger partial charge in [-0.1, -0.05) is 17.7 Å². The van der Waals surface area contributed by atoms with E-state index in [1.807, 2.05) is 31.4 Å². The average Bonchev–Trinajstić information content (AvgIpc) is 3.33. The van der Waals surface area contributed by atoms with Gasteiger partial charge >= 0.3 is 0 Å². The topological polar surface area (TPSA) is 61.4 Å². The van der Waals surface area contributed by atoms with Crippen LogP contribution >= 0.6 is 11.6 Å². The number of aromatic nitrogens is 6. The van der Waals surface area contributed by atoms with E-state index in [0.717, 1.165) is 34.4 Å². The quantitative estimate of drug-likeness (QED) is 0.391. The summed E-state index contributed by atoms with van der Waals surface area (Å²) in [6.07, 6.45) is 6.29. The molecule has 4 heterocycles. The molecule has 5 aromatic rings. The Kier molecular flexibility index (Phi) is 4.29. The van der Waals surface area contributed by atoms with Crippen molar-refractivity contribution in [2.75, 3.05) is 0 Å². The zero-order valence-electron chi connectivity index (χ0n) is 15.6. The Labute approximate surface area is 174 Å². The summed E-state index contributed by atoms with van der Waals surface area (Å²) in [5.74, 6) is -1.08. The van der Waals surface area contributed by atoms with Crippen molar-refractivity contribution >= 4 is 22.6 Å². The normalized spacial score (nSPS) is 11.3. The second-order valence-electron chi connectivity index (χ2n) is 6.74. The lowest BCUT2D eigenvalue weighted by molar-refractivity contribution is 0.576. The summed E-state index contributed by atoms with van der Waals surface area (Å²) >= 11 is 6.18. The molecule has 0 bridgehead atoms. The van der Waals surface area contributed by atoms with Crippen molar-refractivity contribution in [3.63, 3.8) is 0 Å². The van der Waals surface area contributed by atoms with E-state index in [1.54, 1.807) is 27.8 Å². The van der Waals surface area contributed by atoms with E-state index in [4.69, 9.17) is 11.6 Å². The molecule has 30 heavy (non-hydrogen) atoms. The largest absolute Gasteiger partial charge is 0.283 e. The third-order valence-electron chi connectivity index (χ3n) is 4.69. The summed E-state index contributed by atoms with van der Waals surface area (Å²) < 4.78 is 30.9. The molecule has 9 heteroatoms. The standard InChI is InChI=1S/C21H13ClF2N6/c1-29-10-14(8-27-29)12-2-3-18-17(4-12)26-11-30(18)20-6-13(5-19(22)28-20)21-16(24)7-15(23)9-25-21/h2-11H,1H3. The van der Waals surface area contributed by atoms with Crippen LogP contribution in [-0.4, -0.2) is 29.3 Å². The molecule has 4 aromatic heterocycles. The lowest BCUT2D eigenvalue weighted by Crippen LogP contribution is -1.99. The third kappa shape index (κ3) is 3.21. The molecule has 0 unspecified atom stereocenters. The minimum Gasteiger partial charge on any atom is -0.283 e. The van der Waals surface area contributed by atoms with Crippen molar-refractivity contribution in [3.05, 3.63) is 78.1 Å². The lowest BCUT2D eigenvalue weighted by atomic mass is 10.1. The van der Waals surface area contributed by atoms with Crippen LogP contribution in [0.4, 0.5) is 8.78 Å². The van der Waals surface area contributed by atoms with Crippen LogP contribution in [0.1, 0.15) is 0 Å². The van der Waals surface area contributed by atoms with Crippen LogP contribution in [0.25, 0.3) is 39.2 Å². The molecule has 5 rings (SSSR count). The Morgan fingerprint density at radius 1 is 0.933 bits per heavy atom. The van der Waals surface area contributed by atoms with Gasteiger partial charge in [0.15, 0.2) is 5.82 Å². The van der Waals surface area contributed by atoms with Crippen LogP contribution in [-0.2, 0) is 7.05 Å². The summed E-state index contributed by atoms with van der Waals surface area (Å²) in [7, 11) is 1.86. The fourth-order valence-electron chi connectivity index (χ4n) is 3.32.